The Kier molecular flexibility index (Phi) is 13.5. The second-order valence-corrected chi connectivity index (χ2v) is 23.1. The van der Waals surface area contributed by atoms with E-state index in [2.05, 4.69) is 108 Å². The van der Waals surface area contributed by atoms with Gasteiger partial charge in [0.25, 0.3) is 5.56 Å². The summed E-state index contributed by atoms with van der Waals surface area (Å²) in [5.74, 6) is -0.0145. The van der Waals surface area contributed by atoms with E-state index in [-0.39, 0.29) is 30.5 Å². The number of nitriles is 1. The highest BCUT2D eigenvalue weighted by atomic mass is 79.9. The molecule has 362 valence electrons. The third kappa shape index (κ3) is 9.54. The number of likely N-dealkylation sites (tertiary alicyclic amines) is 2. The lowest BCUT2D eigenvalue weighted by atomic mass is 9.81. The van der Waals surface area contributed by atoms with Crippen molar-refractivity contribution < 1.29 is 19.5 Å². The first-order valence-corrected chi connectivity index (χ1v) is 26.2. The summed E-state index contributed by atoms with van der Waals surface area (Å²) in [5.41, 5.74) is 6.88. The molecule has 0 radical (unpaired) electrons. The maximum atomic E-state index is 14.4. The maximum absolute atomic E-state index is 14.4. The Bertz CT molecular complexity index is 2890. The number of rotatable bonds is 14. The van der Waals surface area contributed by atoms with Gasteiger partial charge in [0.05, 0.1) is 56.3 Å². The van der Waals surface area contributed by atoms with Crippen LogP contribution in [-0.2, 0) is 19.8 Å². The van der Waals surface area contributed by atoms with Crippen LogP contribution < -0.4 is 16.2 Å². The highest BCUT2D eigenvalue weighted by molar-refractivity contribution is 9.10. The number of aliphatic hydroxyl groups excluding tert-OH is 1. The summed E-state index contributed by atoms with van der Waals surface area (Å²) < 4.78 is 2.91. The van der Waals surface area contributed by atoms with Crippen molar-refractivity contribution in [3.63, 3.8) is 0 Å². The number of β-amino-alcohol motifs (C(OH)–C–C–N with tert-alkyl or cyclic N) is 1. The van der Waals surface area contributed by atoms with Crippen molar-refractivity contribution >= 4 is 55.9 Å². The molecule has 3 N–H and O–H groups in total. The fraction of sp³-hybridized carbons (Fsp3) is 0.500. The van der Waals surface area contributed by atoms with Gasteiger partial charge in [0.2, 0.25) is 17.7 Å². The van der Waals surface area contributed by atoms with Gasteiger partial charge in [-0.3, -0.25) is 23.7 Å². The molecule has 3 aromatic carbocycles. The number of benzene rings is 3. The van der Waals surface area contributed by atoms with E-state index < -0.39 is 46.2 Å². The summed E-state index contributed by atoms with van der Waals surface area (Å²) in [7, 11) is 0. The number of amides is 3. The monoisotopic (exact) mass is 1010 g/mol. The summed E-state index contributed by atoms with van der Waals surface area (Å²) >= 11 is 5.17. The lowest BCUT2D eigenvalue weighted by Gasteiger charge is -2.36. The quantitative estimate of drug-likeness (QED) is 0.0921. The van der Waals surface area contributed by atoms with Crippen LogP contribution in [0.5, 0.6) is 0 Å². The van der Waals surface area contributed by atoms with Gasteiger partial charge in [-0.25, -0.2) is 4.98 Å². The van der Waals surface area contributed by atoms with Gasteiger partial charge in [-0.2, -0.15) is 10.2 Å². The molecule has 13 nitrogen and oxygen atoms in total. The second-order valence-electron chi connectivity index (χ2n) is 21.4. The Morgan fingerprint density at radius 2 is 1.75 bits per heavy atom. The molecule has 1 saturated carbocycles. The van der Waals surface area contributed by atoms with Crippen molar-refractivity contribution in [2.75, 3.05) is 26.2 Å². The summed E-state index contributed by atoms with van der Waals surface area (Å²) in [5, 5.41) is 27.3. The van der Waals surface area contributed by atoms with E-state index in [0.29, 0.717) is 30.6 Å². The Hall–Kier alpha value is -5.27. The van der Waals surface area contributed by atoms with Crippen LogP contribution in [-0.4, -0.2) is 91.5 Å². The molecule has 9 rings (SSSR count). The first kappa shape index (κ1) is 48.7. The van der Waals surface area contributed by atoms with Crippen molar-refractivity contribution in [2.45, 2.75) is 135 Å². The van der Waals surface area contributed by atoms with E-state index in [4.69, 9.17) is 0 Å². The van der Waals surface area contributed by atoms with Gasteiger partial charge < -0.3 is 25.5 Å². The molecule has 3 amide bonds. The number of carbonyl (C=O) groups excluding carboxylic acids is 3. The van der Waals surface area contributed by atoms with Gasteiger partial charge in [-0.1, -0.05) is 76.1 Å². The van der Waals surface area contributed by atoms with Crippen LogP contribution in [0.25, 0.3) is 27.0 Å². The Morgan fingerprint density at radius 3 is 2.42 bits per heavy atom. The molecule has 5 aromatic rings. The predicted octanol–water partition coefficient (Wildman–Crippen LogP) is 8.61. The van der Waals surface area contributed by atoms with Crippen LogP contribution >= 0.6 is 27.3 Å². The van der Waals surface area contributed by atoms with Gasteiger partial charge in [0, 0.05) is 17.4 Å². The number of carbonyl (C=O) groups is 3. The number of piperidine rings is 1. The summed E-state index contributed by atoms with van der Waals surface area (Å²) in [6.45, 7) is 14.9. The highest BCUT2D eigenvalue weighted by Gasteiger charge is 2.53. The van der Waals surface area contributed by atoms with Crippen LogP contribution in [0.15, 0.2) is 75.4 Å². The van der Waals surface area contributed by atoms with E-state index in [1.54, 1.807) is 11.3 Å². The Balaban J connectivity index is 0.827. The molecule has 0 bridgehead atoms. The van der Waals surface area contributed by atoms with Gasteiger partial charge >= 0.3 is 0 Å². The fourth-order valence-corrected chi connectivity index (χ4v) is 12.1. The number of hydrogen-bond donors (Lipinski definition) is 3. The van der Waals surface area contributed by atoms with Crippen molar-refractivity contribution in [1.29, 1.82) is 5.26 Å². The zero-order chi connectivity index (χ0) is 49.0. The Morgan fingerprint density at radius 1 is 1.01 bits per heavy atom. The number of nitrogens with zero attached hydrogens (tertiary/aromatic N) is 6. The van der Waals surface area contributed by atoms with Crippen molar-refractivity contribution in [1.82, 2.24) is 35.0 Å². The minimum Gasteiger partial charge on any atom is -0.391 e. The number of nitrogens with one attached hydrogen (secondary N) is 2. The molecule has 0 spiro atoms. The molecule has 3 fully saturated rings. The molecule has 5 heterocycles. The smallest absolute Gasteiger partial charge is 0.281 e. The molecule has 3 aliphatic heterocycles. The SMILES string of the molecule is Cc1ncsc1-c1ccc([C@H](CCCCCN2CCC(c3ccc4c(c3)C(C)(C)c3nc(=O)c5c(Br)cccc5n3-4)CC2)NC(=O)[C@@H]2C[C@@H](O)CN2C(=O)[C@@H](NC(=O)C2(C#N)CC2)C(C)(C)C)cc1. The minimum atomic E-state index is -1.11. The van der Waals surface area contributed by atoms with Crippen LogP contribution in [0, 0.1) is 29.1 Å². The normalized spacial score (nSPS) is 20.5. The zero-order valence-electron chi connectivity index (χ0n) is 40.5. The average Bonchev–Trinajstić information content (AvgIpc) is 3.77. The molecule has 2 aromatic heterocycles. The van der Waals surface area contributed by atoms with Gasteiger partial charge in [-0.05, 0) is 147 Å². The zero-order valence-corrected chi connectivity index (χ0v) is 42.9. The number of halogens is 1. The first-order chi connectivity index (χ1) is 32.9. The van der Waals surface area contributed by atoms with E-state index in [0.717, 1.165) is 94.9 Å². The van der Waals surface area contributed by atoms with Crippen molar-refractivity contribution in [3.05, 3.63) is 109 Å². The van der Waals surface area contributed by atoms with Crippen molar-refractivity contribution in [2.24, 2.45) is 10.8 Å². The van der Waals surface area contributed by atoms with Crippen molar-refractivity contribution in [3.8, 4) is 22.2 Å². The molecular weight excluding hydrogens is 953 g/mol. The third-order valence-electron chi connectivity index (χ3n) is 15.2. The van der Waals surface area contributed by atoms with Gasteiger partial charge in [0.15, 0.2) is 0 Å². The summed E-state index contributed by atoms with van der Waals surface area (Å²) in [6, 6.07) is 20.8. The average molecular weight is 1020 g/mol. The maximum Gasteiger partial charge on any atom is 0.281 e. The lowest BCUT2D eigenvalue weighted by Crippen LogP contribution is -2.58. The molecule has 4 atom stereocenters. The molecule has 15 heteroatoms. The number of thiazole rings is 1. The highest BCUT2D eigenvalue weighted by Crippen LogP contribution is 2.46. The number of aromatic nitrogens is 3. The van der Waals surface area contributed by atoms with Gasteiger partial charge in [0.1, 0.15) is 23.3 Å². The molecule has 0 unspecified atom stereocenters. The van der Waals surface area contributed by atoms with Crippen LogP contribution in [0.4, 0.5) is 0 Å². The largest absolute Gasteiger partial charge is 0.391 e. The standard InChI is InChI=1S/C54H63BrN8O5S/c1-32-45(69-31-57-32)35-16-14-34(15-17-35)40(58-47(65)43-28-37(64)29-62(43)49(67)46(52(2,3)4)59-51(68)54(30-56)22-23-54)12-8-7-9-24-61-25-20-33(21-26-61)36-18-19-41-38(27-36)53(5,6)50-60-48(66)44-39(55)11-10-13-42(44)63(41)50/h10-11,13-19,27,31,33,37,40,43,46,64H,7-9,12,20-26,28-29H2,1-6H3,(H,58,65)(H,59,68)/t37-,40+,43+,46-/m1/s1. The number of aryl methyl sites for hydroxylation is 1. The van der Waals surface area contributed by atoms with E-state index in [9.17, 15) is 29.5 Å². The molecular formula is C54H63BrN8O5S. The predicted molar refractivity (Wildman–Crippen MR) is 272 cm³/mol. The third-order valence-corrected chi connectivity index (χ3v) is 16.8. The summed E-state index contributed by atoms with van der Waals surface area (Å²) in [6.07, 6.45) is 5.83. The fourth-order valence-electron chi connectivity index (χ4n) is 10.8. The van der Waals surface area contributed by atoms with E-state index >= 15 is 0 Å². The molecule has 2 saturated heterocycles. The van der Waals surface area contributed by atoms with Crippen LogP contribution in [0.1, 0.15) is 133 Å². The molecule has 4 aliphatic rings. The van der Waals surface area contributed by atoms with E-state index in [1.165, 1.54) is 16.0 Å². The minimum absolute atomic E-state index is 0.0228. The van der Waals surface area contributed by atoms with Crippen LogP contribution in [0.3, 0.4) is 0 Å². The molecule has 69 heavy (non-hydrogen) atoms. The number of hydrogen-bond acceptors (Lipinski definition) is 10. The lowest BCUT2D eigenvalue weighted by molar-refractivity contribution is -0.144. The Labute approximate surface area is 416 Å². The topological polar surface area (TPSA) is 174 Å². The second kappa shape index (κ2) is 19.1. The van der Waals surface area contributed by atoms with E-state index in [1.807, 2.05) is 51.4 Å². The van der Waals surface area contributed by atoms with Crippen LogP contribution in [0.2, 0.25) is 0 Å². The number of fused-ring (bicyclic) bond motifs is 5. The summed E-state index contributed by atoms with van der Waals surface area (Å²) in [4.78, 5) is 69.2. The number of unbranched alkanes of at least 4 members (excludes halogenated alkanes) is 2. The molecule has 1 aliphatic carbocycles. The van der Waals surface area contributed by atoms with Gasteiger partial charge in [-0.15, -0.1) is 11.3 Å². The first-order valence-electron chi connectivity index (χ1n) is 24.5. The number of aliphatic hydroxyl groups is 1.